The van der Waals surface area contributed by atoms with Gasteiger partial charge in [0.15, 0.2) is 0 Å². The first-order valence-electron chi connectivity index (χ1n) is 5.67. The normalized spacial score (nSPS) is 20.0. The second-order valence-corrected chi connectivity index (χ2v) is 5.80. The molecular weight excluding hydrogens is 230 g/mol. The number of rotatable bonds is 5. The number of nitrogens with one attached hydrogen (secondary N) is 1. The Kier molecular flexibility index (Phi) is 9.01. The van der Waals surface area contributed by atoms with Crippen LogP contribution >= 0.6 is 24.2 Å². The third-order valence-corrected chi connectivity index (χ3v) is 3.66. The molecule has 0 aromatic heterocycles. The summed E-state index contributed by atoms with van der Waals surface area (Å²) in [5, 5.41) is 13.1. The summed E-state index contributed by atoms with van der Waals surface area (Å²) in [6.07, 6.45) is 3.27. The zero-order valence-electron chi connectivity index (χ0n) is 9.74. The molecule has 1 unspecified atom stereocenters. The fraction of sp³-hybridized carbons (Fsp3) is 1.00. The van der Waals surface area contributed by atoms with E-state index in [2.05, 4.69) is 19.2 Å². The minimum atomic E-state index is -0.162. The monoisotopic (exact) mass is 253 g/mol. The van der Waals surface area contributed by atoms with Gasteiger partial charge in [-0.3, -0.25) is 0 Å². The van der Waals surface area contributed by atoms with Gasteiger partial charge in [-0.15, -0.1) is 12.4 Å². The first kappa shape index (κ1) is 15.6. The molecule has 2 nitrogen and oxygen atoms in total. The first-order valence-corrected chi connectivity index (χ1v) is 6.83. The highest BCUT2D eigenvalue weighted by Gasteiger charge is 2.14. The van der Waals surface area contributed by atoms with Crippen molar-refractivity contribution >= 4 is 24.2 Å². The molecular formula is C11H24ClNOS. The van der Waals surface area contributed by atoms with Crippen molar-refractivity contribution in [1.29, 1.82) is 0 Å². The highest BCUT2D eigenvalue weighted by Crippen LogP contribution is 2.16. The molecule has 1 heterocycles. The Balaban J connectivity index is 0.00000196. The van der Waals surface area contributed by atoms with Crippen LogP contribution in [0.15, 0.2) is 0 Å². The van der Waals surface area contributed by atoms with E-state index < -0.39 is 0 Å². The van der Waals surface area contributed by atoms with E-state index in [-0.39, 0.29) is 18.5 Å². The lowest BCUT2D eigenvalue weighted by molar-refractivity contribution is 0.142. The van der Waals surface area contributed by atoms with Gasteiger partial charge in [0.05, 0.1) is 6.10 Å². The van der Waals surface area contributed by atoms with Crippen LogP contribution in [0.1, 0.15) is 33.1 Å². The van der Waals surface area contributed by atoms with Gasteiger partial charge in [-0.25, -0.2) is 0 Å². The van der Waals surface area contributed by atoms with Crippen LogP contribution in [0.2, 0.25) is 0 Å². The molecule has 0 saturated carbocycles. The lowest BCUT2D eigenvalue weighted by atomic mass is 10.1. The van der Waals surface area contributed by atoms with Crippen LogP contribution in [0, 0.1) is 5.92 Å². The van der Waals surface area contributed by atoms with Crippen molar-refractivity contribution in [1.82, 2.24) is 5.32 Å². The molecule has 0 aromatic carbocycles. The molecule has 0 aromatic rings. The Labute approximate surface area is 104 Å². The Bertz CT molecular complexity index is 152. The summed E-state index contributed by atoms with van der Waals surface area (Å²) in [7, 11) is 0. The lowest BCUT2D eigenvalue weighted by Gasteiger charge is -2.24. The maximum atomic E-state index is 9.68. The quantitative estimate of drug-likeness (QED) is 0.789. The topological polar surface area (TPSA) is 32.3 Å². The Morgan fingerprint density at radius 3 is 2.47 bits per heavy atom. The molecule has 0 aliphatic carbocycles. The Morgan fingerprint density at radius 2 is 1.93 bits per heavy atom. The molecule has 0 amide bonds. The van der Waals surface area contributed by atoms with Gasteiger partial charge in [-0.2, -0.15) is 11.8 Å². The average Bonchev–Trinajstić information content (AvgIpc) is 2.15. The predicted molar refractivity (Wildman–Crippen MR) is 71.1 cm³/mol. The molecule has 0 radical (unpaired) electrons. The van der Waals surface area contributed by atoms with E-state index in [1.54, 1.807) is 0 Å². The van der Waals surface area contributed by atoms with Crippen LogP contribution in [0.5, 0.6) is 0 Å². The van der Waals surface area contributed by atoms with Gasteiger partial charge in [0.2, 0.25) is 0 Å². The number of halogens is 1. The van der Waals surface area contributed by atoms with E-state index >= 15 is 0 Å². The van der Waals surface area contributed by atoms with Crippen LogP contribution in [-0.4, -0.2) is 35.3 Å². The van der Waals surface area contributed by atoms with Gasteiger partial charge >= 0.3 is 0 Å². The third kappa shape index (κ3) is 7.45. The van der Waals surface area contributed by atoms with Gasteiger partial charge in [0.1, 0.15) is 0 Å². The second-order valence-electron chi connectivity index (χ2n) is 4.58. The van der Waals surface area contributed by atoms with Gasteiger partial charge < -0.3 is 10.4 Å². The van der Waals surface area contributed by atoms with Crippen molar-refractivity contribution in [2.45, 2.75) is 45.3 Å². The minimum Gasteiger partial charge on any atom is -0.392 e. The predicted octanol–water partition coefficient (Wildman–Crippen LogP) is 2.30. The summed E-state index contributed by atoms with van der Waals surface area (Å²) in [4.78, 5) is 0. The number of aliphatic hydroxyl groups is 1. The molecule has 1 atom stereocenters. The second kappa shape index (κ2) is 8.68. The van der Waals surface area contributed by atoms with Crippen LogP contribution < -0.4 is 5.32 Å². The molecule has 1 fully saturated rings. The van der Waals surface area contributed by atoms with Crippen molar-refractivity contribution in [2.24, 2.45) is 5.92 Å². The first-order chi connectivity index (χ1) is 6.68. The summed E-state index contributed by atoms with van der Waals surface area (Å²) < 4.78 is 0. The highest BCUT2D eigenvalue weighted by atomic mass is 35.5. The number of thioether (sulfide) groups is 1. The molecule has 15 heavy (non-hydrogen) atoms. The smallest absolute Gasteiger partial charge is 0.0667 e. The van der Waals surface area contributed by atoms with E-state index in [0.29, 0.717) is 12.0 Å². The summed E-state index contributed by atoms with van der Waals surface area (Å²) in [6, 6.07) is 0.651. The van der Waals surface area contributed by atoms with Crippen molar-refractivity contribution in [3.63, 3.8) is 0 Å². The Morgan fingerprint density at radius 1 is 1.33 bits per heavy atom. The number of aliphatic hydroxyl groups excluding tert-OH is 1. The zero-order chi connectivity index (χ0) is 10.4. The number of hydrogen-bond acceptors (Lipinski definition) is 3. The lowest BCUT2D eigenvalue weighted by Crippen LogP contribution is -2.38. The van der Waals surface area contributed by atoms with Crippen molar-refractivity contribution < 1.29 is 5.11 Å². The van der Waals surface area contributed by atoms with E-state index in [1.807, 2.05) is 11.8 Å². The van der Waals surface area contributed by atoms with Gasteiger partial charge in [-0.05, 0) is 36.7 Å². The Hall–Kier alpha value is 0.560. The van der Waals surface area contributed by atoms with Crippen LogP contribution in [-0.2, 0) is 0 Å². The van der Waals surface area contributed by atoms with Crippen molar-refractivity contribution in [3.8, 4) is 0 Å². The summed E-state index contributed by atoms with van der Waals surface area (Å²) in [5.74, 6) is 3.14. The molecule has 4 heteroatoms. The van der Waals surface area contributed by atoms with Gasteiger partial charge in [0.25, 0.3) is 0 Å². The summed E-state index contributed by atoms with van der Waals surface area (Å²) >= 11 is 2.04. The minimum absolute atomic E-state index is 0. The fourth-order valence-electron chi connectivity index (χ4n) is 1.83. The largest absolute Gasteiger partial charge is 0.392 e. The maximum Gasteiger partial charge on any atom is 0.0667 e. The van der Waals surface area contributed by atoms with Gasteiger partial charge in [-0.1, -0.05) is 13.8 Å². The zero-order valence-corrected chi connectivity index (χ0v) is 11.4. The highest BCUT2D eigenvalue weighted by molar-refractivity contribution is 7.99. The fourth-order valence-corrected chi connectivity index (χ4v) is 2.94. The van der Waals surface area contributed by atoms with E-state index in [1.165, 1.54) is 24.3 Å². The van der Waals surface area contributed by atoms with E-state index in [4.69, 9.17) is 0 Å². The molecule has 1 saturated heterocycles. The van der Waals surface area contributed by atoms with Gasteiger partial charge in [0, 0.05) is 12.6 Å². The molecule has 92 valence electrons. The van der Waals surface area contributed by atoms with Crippen molar-refractivity contribution in [2.75, 3.05) is 18.1 Å². The van der Waals surface area contributed by atoms with Crippen LogP contribution in [0.25, 0.3) is 0 Å². The van der Waals surface area contributed by atoms with E-state index in [9.17, 15) is 5.11 Å². The standard InChI is InChI=1S/C11H23NOS.ClH/c1-9(2)7-11(13)8-12-10-3-5-14-6-4-10;/h9-13H,3-8H2,1-2H3;1H. The SMILES string of the molecule is CC(C)CC(O)CNC1CCSCC1.Cl. The van der Waals surface area contributed by atoms with E-state index in [0.717, 1.165) is 13.0 Å². The van der Waals surface area contributed by atoms with Crippen LogP contribution in [0.4, 0.5) is 0 Å². The van der Waals surface area contributed by atoms with Crippen LogP contribution in [0.3, 0.4) is 0 Å². The molecule has 1 rings (SSSR count). The molecule has 1 aliphatic rings. The summed E-state index contributed by atoms with van der Waals surface area (Å²) in [5.41, 5.74) is 0. The third-order valence-electron chi connectivity index (χ3n) is 2.61. The summed E-state index contributed by atoms with van der Waals surface area (Å²) in [6.45, 7) is 5.08. The molecule has 0 bridgehead atoms. The molecule has 0 spiro atoms. The van der Waals surface area contributed by atoms with Crippen molar-refractivity contribution in [3.05, 3.63) is 0 Å². The molecule has 1 aliphatic heterocycles. The molecule has 2 N–H and O–H groups in total. The average molecular weight is 254 g/mol. The maximum absolute atomic E-state index is 9.68. The number of hydrogen-bond donors (Lipinski definition) is 2.